The van der Waals surface area contributed by atoms with E-state index in [1.54, 1.807) is 24.9 Å². The van der Waals surface area contributed by atoms with E-state index in [0.29, 0.717) is 17.7 Å². The molecule has 1 saturated heterocycles. The quantitative estimate of drug-likeness (QED) is 0.825. The van der Waals surface area contributed by atoms with E-state index in [1.165, 1.54) is 12.1 Å². The van der Waals surface area contributed by atoms with Crippen molar-refractivity contribution in [3.05, 3.63) is 35.1 Å². The SMILES string of the molecule is Cc1cc(F)ccc1C(=O)N(C)CC1CCCO1. The van der Waals surface area contributed by atoms with Crippen LogP contribution >= 0.6 is 0 Å². The summed E-state index contributed by atoms with van der Waals surface area (Å²) in [5.74, 6) is -0.395. The molecule has 1 unspecified atom stereocenters. The zero-order valence-electron chi connectivity index (χ0n) is 10.8. The van der Waals surface area contributed by atoms with Gasteiger partial charge in [0.1, 0.15) is 5.82 Å². The molecule has 3 nitrogen and oxygen atoms in total. The predicted molar refractivity (Wildman–Crippen MR) is 67.1 cm³/mol. The molecule has 0 aromatic heterocycles. The van der Waals surface area contributed by atoms with E-state index in [4.69, 9.17) is 4.74 Å². The Hall–Kier alpha value is -1.42. The highest BCUT2D eigenvalue weighted by molar-refractivity contribution is 5.95. The molecule has 0 spiro atoms. The lowest BCUT2D eigenvalue weighted by molar-refractivity contribution is 0.0586. The number of aryl methyl sites for hydroxylation is 1. The molecule has 1 heterocycles. The second-order valence-electron chi connectivity index (χ2n) is 4.78. The maximum atomic E-state index is 13.0. The third-order valence-electron chi connectivity index (χ3n) is 3.27. The van der Waals surface area contributed by atoms with Gasteiger partial charge in [-0.2, -0.15) is 0 Å². The summed E-state index contributed by atoms with van der Waals surface area (Å²) in [4.78, 5) is 13.9. The van der Waals surface area contributed by atoms with Crippen molar-refractivity contribution in [2.75, 3.05) is 20.2 Å². The second-order valence-corrected chi connectivity index (χ2v) is 4.78. The lowest BCUT2D eigenvalue weighted by Crippen LogP contribution is -2.34. The van der Waals surface area contributed by atoms with Crippen LogP contribution in [0.2, 0.25) is 0 Å². The average molecular weight is 251 g/mol. The van der Waals surface area contributed by atoms with Crippen molar-refractivity contribution in [1.82, 2.24) is 4.90 Å². The standard InChI is InChI=1S/C14H18FNO2/c1-10-8-11(15)5-6-13(10)14(17)16(2)9-12-4-3-7-18-12/h5-6,8,12H,3-4,7,9H2,1-2H3. The molecular weight excluding hydrogens is 233 g/mol. The third kappa shape index (κ3) is 2.88. The minimum absolute atomic E-state index is 0.0806. The van der Waals surface area contributed by atoms with E-state index in [9.17, 15) is 9.18 Å². The zero-order valence-corrected chi connectivity index (χ0v) is 10.8. The minimum atomic E-state index is -0.314. The minimum Gasteiger partial charge on any atom is -0.376 e. The van der Waals surface area contributed by atoms with Crippen LogP contribution in [-0.4, -0.2) is 37.1 Å². The summed E-state index contributed by atoms with van der Waals surface area (Å²) in [5, 5.41) is 0. The Balaban J connectivity index is 2.05. The first-order valence-electron chi connectivity index (χ1n) is 6.21. The molecule has 1 atom stereocenters. The van der Waals surface area contributed by atoms with Crippen molar-refractivity contribution < 1.29 is 13.9 Å². The molecule has 0 aliphatic carbocycles. The molecule has 1 aromatic carbocycles. The third-order valence-corrected chi connectivity index (χ3v) is 3.27. The van der Waals surface area contributed by atoms with E-state index in [1.807, 2.05) is 0 Å². The van der Waals surface area contributed by atoms with Crippen molar-refractivity contribution in [1.29, 1.82) is 0 Å². The van der Waals surface area contributed by atoms with Crippen LogP contribution < -0.4 is 0 Å². The molecule has 0 radical (unpaired) electrons. The lowest BCUT2D eigenvalue weighted by atomic mass is 10.1. The van der Waals surface area contributed by atoms with Crippen LogP contribution in [0.3, 0.4) is 0 Å². The normalized spacial score (nSPS) is 18.9. The fourth-order valence-corrected chi connectivity index (χ4v) is 2.25. The first-order valence-corrected chi connectivity index (χ1v) is 6.21. The van der Waals surface area contributed by atoms with Gasteiger partial charge in [0.05, 0.1) is 6.10 Å². The topological polar surface area (TPSA) is 29.5 Å². The number of rotatable bonds is 3. The zero-order chi connectivity index (χ0) is 13.1. The number of halogens is 1. The van der Waals surface area contributed by atoms with Crippen LogP contribution in [0.25, 0.3) is 0 Å². The number of hydrogen-bond acceptors (Lipinski definition) is 2. The van der Waals surface area contributed by atoms with Crippen molar-refractivity contribution in [3.63, 3.8) is 0 Å². The molecular formula is C14H18FNO2. The van der Waals surface area contributed by atoms with Gasteiger partial charge in [-0.1, -0.05) is 0 Å². The van der Waals surface area contributed by atoms with Gasteiger partial charge in [0, 0.05) is 25.8 Å². The van der Waals surface area contributed by atoms with E-state index < -0.39 is 0 Å². The molecule has 0 bridgehead atoms. The molecule has 1 fully saturated rings. The van der Waals surface area contributed by atoms with Crippen LogP contribution in [0.5, 0.6) is 0 Å². The van der Waals surface area contributed by atoms with Crippen LogP contribution in [0.1, 0.15) is 28.8 Å². The fraction of sp³-hybridized carbons (Fsp3) is 0.500. The molecule has 0 saturated carbocycles. The van der Waals surface area contributed by atoms with E-state index in [2.05, 4.69) is 0 Å². The number of hydrogen-bond donors (Lipinski definition) is 0. The number of amides is 1. The predicted octanol–water partition coefficient (Wildman–Crippen LogP) is 2.39. The number of ether oxygens (including phenoxy) is 1. The van der Waals surface area contributed by atoms with Gasteiger partial charge in [0.25, 0.3) is 5.91 Å². The molecule has 1 amide bonds. The number of nitrogens with zero attached hydrogens (tertiary/aromatic N) is 1. The Bertz CT molecular complexity index is 441. The van der Waals surface area contributed by atoms with Crippen molar-refractivity contribution >= 4 is 5.91 Å². The van der Waals surface area contributed by atoms with Gasteiger partial charge in [0.15, 0.2) is 0 Å². The van der Waals surface area contributed by atoms with Crippen molar-refractivity contribution in [2.24, 2.45) is 0 Å². The average Bonchev–Trinajstić information content (AvgIpc) is 2.81. The van der Waals surface area contributed by atoms with E-state index in [0.717, 1.165) is 19.4 Å². The maximum absolute atomic E-state index is 13.0. The number of carbonyl (C=O) groups excluding carboxylic acids is 1. The van der Waals surface area contributed by atoms with E-state index >= 15 is 0 Å². The van der Waals surface area contributed by atoms with Crippen LogP contribution in [0.15, 0.2) is 18.2 Å². The van der Waals surface area contributed by atoms with E-state index in [-0.39, 0.29) is 17.8 Å². The van der Waals surface area contributed by atoms with Gasteiger partial charge in [-0.3, -0.25) is 4.79 Å². The Morgan fingerprint density at radius 3 is 2.94 bits per heavy atom. The molecule has 2 rings (SSSR count). The smallest absolute Gasteiger partial charge is 0.253 e. The molecule has 98 valence electrons. The first kappa shape index (κ1) is 13.0. The summed E-state index contributed by atoms with van der Waals surface area (Å²) < 4.78 is 18.5. The maximum Gasteiger partial charge on any atom is 0.253 e. The first-order chi connectivity index (χ1) is 8.58. The summed E-state index contributed by atoms with van der Waals surface area (Å²) in [7, 11) is 1.76. The monoisotopic (exact) mass is 251 g/mol. The van der Waals surface area contributed by atoms with Gasteiger partial charge in [-0.05, 0) is 43.5 Å². The van der Waals surface area contributed by atoms with Gasteiger partial charge in [-0.15, -0.1) is 0 Å². The lowest BCUT2D eigenvalue weighted by Gasteiger charge is -2.21. The number of benzene rings is 1. The van der Waals surface area contributed by atoms with Crippen LogP contribution in [0.4, 0.5) is 4.39 Å². The fourth-order valence-electron chi connectivity index (χ4n) is 2.25. The molecule has 18 heavy (non-hydrogen) atoms. The summed E-state index contributed by atoms with van der Waals surface area (Å²) in [6.07, 6.45) is 2.20. The van der Waals surface area contributed by atoms with Crippen LogP contribution in [-0.2, 0) is 4.74 Å². The van der Waals surface area contributed by atoms with Gasteiger partial charge in [-0.25, -0.2) is 4.39 Å². The van der Waals surface area contributed by atoms with Crippen LogP contribution in [0, 0.1) is 12.7 Å². The molecule has 1 aliphatic heterocycles. The Morgan fingerprint density at radius 2 is 2.33 bits per heavy atom. The largest absolute Gasteiger partial charge is 0.376 e. The Morgan fingerprint density at radius 1 is 1.56 bits per heavy atom. The summed E-state index contributed by atoms with van der Waals surface area (Å²) in [6.45, 7) is 3.12. The Kier molecular flexibility index (Phi) is 3.97. The van der Waals surface area contributed by atoms with Gasteiger partial charge >= 0.3 is 0 Å². The summed E-state index contributed by atoms with van der Waals surface area (Å²) in [6, 6.07) is 4.24. The van der Waals surface area contributed by atoms with Crippen molar-refractivity contribution in [3.8, 4) is 0 Å². The van der Waals surface area contributed by atoms with Crippen molar-refractivity contribution in [2.45, 2.75) is 25.9 Å². The van der Waals surface area contributed by atoms with Gasteiger partial charge in [0.2, 0.25) is 0 Å². The molecule has 4 heteroatoms. The summed E-state index contributed by atoms with van der Waals surface area (Å²) >= 11 is 0. The second kappa shape index (κ2) is 5.48. The summed E-state index contributed by atoms with van der Waals surface area (Å²) in [5.41, 5.74) is 1.22. The number of carbonyl (C=O) groups is 1. The highest BCUT2D eigenvalue weighted by Gasteiger charge is 2.21. The number of likely N-dealkylation sites (N-methyl/N-ethyl adjacent to an activating group) is 1. The molecule has 0 N–H and O–H groups in total. The highest BCUT2D eigenvalue weighted by atomic mass is 19.1. The highest BCUT2D eigenvalue weighted by Crippen LogP contribution is 2.16. The Labute approximate surface area is 107 Å². The molecule has 1 aliphatic rings. The van der Waals surface area contributed by atoms with Gasteiger partial charge < -0.3 is 9.64 Å². The molecule has 1 aromatic rings.